The zero-order valence-electron chi connectivity index (χ0n) is 23.6. The highest BCUT2D eigenvalue weighted by Crippen LogP contribution is 2.42. The van der Waals surface area contributed by atoms with Gasteiger partial charge in [0.1, 0.15) is 30.7 Å². The Morgan fingerprint density at radius 1 is 0.805 bits per heavy atom. The molecule has 2 heterocycles. The van der Waals surface area contributed by atoms with E-state index in [4.69, 9.17) is 33.2 Å². The van der Waals surface area contributed by atoms with Crippen LogP contribution in [0.5, 0.6) is 5.75 Å². The molecule has 0 bridgehead atoms. The highest BCUT2D eigenvalue weighted by Gasteiger charge is 2.52. The largest absolute Gasteiger partial charge is 0.467 e. The fourth-order valence-corrected chi connectivity index (χ4v) is 5.08. The first-order valence-electron chi connectivity index (χ1n) is 13.3. The van der Waals surface area contributed by atoms with Gasteiger partial charge in [0, 0.05) is 33.3 Å². The number of fused-ring (bicyclic) bond motifs is 1. The summed E-state index contributed by atoms with van der Waals surface area (Å²) in [6.45, 7) is 6.62. The predicted molar refractivity (Wildman–Crippen MR) is 142 cm³/mol. The molecule has 0 spiro atoms. The number of aryl methyl sites for hydroxylation is 1. The van der Waals surface area contributed by atoms with Crippen molar-refractivity contribution in [3.8, 4) is 5.75 Å². The third-order valence-corrected chi connectivity index (χ3v) is 6.75. The molecule has 6 atom stereocenters. The van der Waals surface area contributed by atoms with Gasteiger partial charge in [0.25, 0.3) is 0 Å². The van der Waals surface area contributed by atoms with Crippen molar-refractivity contribution in [1.29, 1.82) is 0 Å². The molecule has 6 unspecified atom stereocenters. The maximum atomic E-state index is 12.2. The van der Waals surface area contributed by atoms with Gasteiger partial charge in [-0.3, -0.25) is 19.2 Å². The lowest BCUT2D eigenvalue weighted by Gasteiger charge is -2.44. The molecule has 41 heavy (non-hydrogen) atoms. The van der Waals surface area contributed by atoms with Gasteiger partial charge in [0.05, 0.1) is 0 Å². The van der Waals surface area contributed by atoms with Crippen molar-refractivity contribution < 1.29 is 52.3 Å². The van der Waals surface area contributed by atoms with Crippen molar-refractivity contribution in [2.24, 2.45) is 0 Å². The third kappa shape index (κ3) is 7.22. The van der Waals surface area contributed by atoms with Crippen LogP contribution < -0.4 is 4.74 Å². The number of carbonyl (C=O) groups excluding carboxylic acids is 4. The normalized spacial score (nSPS) is 25.2. The van der Waals surface area contributed by atoms with E-state index in [1.54, 1.807) is 12.1 Å². The molecule has 1 fully saturated rings. The van der Waals surface area contributed by atoms with E-state index in [1.165, 1.54) is 27.7 Å². The Bertz CT molecular complexity index is 1290. The van der Waals surface area contributed by atoms with E-state index in [9.17, 15) is 19.2 Å². The molecule has 4 rings (SSSR count). The quantitative estimate of drug-likeness (QED) is 0.341. The fraction of sp³-hybridized carbons (Fsp3) is 0.467. The number of rotatable bonds is 8. The van der Waals surface area contributed by atoms with Crippen LogP contribution in [-0.2, 0) is 54.0 Å². The molecule has 0 aliphatic carbocycles. The summed E-state index contributed by atoms with van der Waals surface area (Å²) < 4.78 is 40.0. The maximum Gasteiger partial charge on any atom is 0.303 e. The summed E-state index contributed by atoms with van der Waals surface area (Å²) in [5, 5.41) is 0. The Kier molecular flexibility index (Phi) is 9.61. The Morgan fingerprint density at radius 3 is 2.15 bits per heavy atom. The average molecular weight is 571 g/mol. The first kappa shape index (κ1) is 30.0. The molecule has 11 nitrogen and oxygen atoms in total. The van der Waals surface area contributed by atoms with Gasteiger partial charge in [0.15, 0.2) is 25.1 Å². The summed E-state index contributed by atoms with van der Waals surface area (Å²) >= 11 is 0. The van der Waals surface area contributed by atoms with Crippen molar-refractivity contribution in [1.82, 2.24) is 0 Å². The number of benzene rings is 2. The number of hydrogen-bond acceptors (Lipinski definition) is 11. The van der Waals surface area contributed by atoms with Crippen molar-refractivity contribution in [2.75, 3.05) is 13.4 Å². The lowest BCUT2D eigenvalue weighted by atomic mass is 9.88. The van der Waals surface area contributed by atoms with Crippen LogP contribution in [0.4, 0.5) is 0 Å². The van der Waals surface area contributed by atoms with E-state index in [0.717, 1.165) is 23.1 Å². The minimum Gasteiger partial charge on any atom is -0.467 e. The van der Waals surface area contributed by atoms with Gasteiger partial charge in [-0.1, -0.05) is 37.3 Å². The second-order valence-electron chi connectivity index (χ2n) is 9.82. The number of hydrogen-bond donors (Lipinski definition) is 0. The summed E-state index contributed by atoms with van der Waals surface area (Å²) in [4.78, 5) is 48.1. The smallest absolute Gasteiger partial charge is 0.303 e. The van der Waals surface area contributed by atoms with Gasteiger partial charge >= 0.3 is 23.9 Å². The molecular formula is C30H34O11. The SMILES string of the molecule is CCc1cccc(C2OCOc3ccc(C4OC(COC(C)=O)C(OC(C)=O)C(OC(C)=O)C4OC(C)=O)cc32)c1. The highest BCUT2D eigenvalue weighted by molar-refractivity contribution is 5.69. The molecule has 2 aromatic rings. The minimum absolute atomic E-state index is 0.0619. The molecule has 2 aromatic carbocycles. The van der Waals surface area contributed by atoms with Crippen LogP contribution >= 0.6 is 0 Å². The molecule has 220 valence electrons. The molecule has 2 aliphatic heterocycles. The van der Waals surface area contributed by atoms with E-state index in [0.29, 0.717) is 11.3 Å². The third-order valence-electron chi connectivity index (χ3n) is 6.75. The Hall–Kier alpha value is -3.96. The van der Waals surface area contributed by atoms with Crippen molar-refractivity contribution in [3.05, 3.63) is 64.7 Å². The van der Waals surface area contributed by atoms with E-state index in [-0.39, 0.29) is 13.4 Å². The molecule has 2 aliphatic rings. The molecule has 0 N–H and O–H groups in total. The van der Waals surface area contributed by atoms with Crippen LogP contribution in [0, 0.1) is 0 Å². The maximum absolute atomic E-state index is 12.2. The van der Waals surface area contributed by atoms with Crippen LogP contribution in [0.2, 0.25) is 0 Å². The predicted octanol–water partition coefficient (Wildman–Crippen LogP) is 3.50. The molecule has 0 radical (unpaired) electrons. The minimum atomic E-state index is -1.26. The van der Waals surface area contributed by atoms with Gasteiger partial charge in [-0.25, -0.2) is 0 Å². The van der Waals surface area contributed by atoms with Gasteiger partial charge in [-0.05, 0) is 35.2 Å². The van der Waals surface area contributed by atoms with Gasteiger partial charge in [-0.2, -0.15) is 0 Å². The van der Waals surface area contributed by atoms with E-state index < -0.39 is 60.5 Å². The number of ether oxygens (including phenoxy) is 7. The molecule has 11 heteroatoms. The molecule has 0 saturated carbocycles. The van der Waals surface area contributed by atoms with Crippen LogP contribution in [0.3, 0.4) is 0 Å². The molecule has 1 saturated heterocycles. The first-order valence-corrected chi connectivity index (χ1v) is 13.3. The number of esters is 4. The van der Waals surface area contributed by atoms with Crippen LogP contribution in [0.25, 0.3) is 0 Å². The Morgan fingerprint density at radius 2 is 1.49 bits per heavy atom. The van der Waals surface area contributed by atoms with Gasteiger partial charge in [-0.15, -0.1) is 0 Å². The van der Waals surface area contributed by atoms with Crippen LogP contribution in [0.15, 0.2) is 42.5 Å². The van der Waals surface area contributed by atoms with E-state index in [2.05, 4.69) is 13.0 Å². The van der Waals surface area contributed by atoms with Crippen LogP contribution in [0.1, 0.15) is 69.1 Å². The van der Waals surface area contributed by atoms with Gasteiger partial charge < -0.3 is 33.2 Å². The Balaban J connectivity index is 1.79. The summed E-state index contributed by atoms with van der Waals surface area (Å²) in [5.74, 6) is -2.03. The first-order chi connectivity index (χ1) is 19.6. The van der Waals surface area contributed by atoms with E-state index in [1.807, 2.05) is 24.3 Å². The zero-order chi connectivity index (χ0) is 29.7. The second-order valence-corrected chi connectivity index (χ2v) is 9.82. The fourth-order valence-electron chi connectivity index (χ4n) is 5.08. The average Bonchev–Trinajstić information content (AvgIpc) is 2.92. The standard InChI is InChI=1S/C30H34O11/c1-6-20-8-7-9-21(12-20)26-23-13-22(10-11-24(23)36-15-37-26)27-29(39-18(4)33)30(40-19(5)34)28(38-17(3)32)25(41-27)14-35-16(2)31/h7-13,25-30H,6,14-15H2,1-5H3. The lowest BCUT2D eigenvalue weighted by molar-refractivity contribution is -0.254. The van der Waals surface area contributed by atoms with Crippen molar-refractivity contribution in [2.45, 2.75) is 77.7 Å². The second kappa shape index (κ2) is 13.1. The topological polar surface area (TPSA) is 133 Å². The van der Waals surface area contributed by atoms with Gasteiger partial charge in [0.2, 0.25) is 0 Å². The van der Waals surface area contributed by atoms with Crippen molar-refractivity contribution in [3.63, 3.8) is 0 Å². The summed E-state index contributed by atoms with van der Waals surface area (Å²) in [6.07, 6.45) is -5.36. The van der Waals surface area contributed by atoms with Crippen molar-refractivity contribution >= 4 is 23.9 Å². The zero-order valence-corrected chi connectivity index (χ0v) is 23.6. The lowest BCUT2D eigenvalue weighted by Crippen LogP contribution is -2.59. The molecule has 0 amide bonds. The molecule has 0 aromatic heterocycles. The monoisotopic (exact) mass is 570 g/mol. The Labute approximate surface area is 237 Å². The summed E-state index contributed by atoms with van der Waals surface area (Å²) in [5.41, 5.74) is 3.35. The number of carbonyl (C=O) groups is 4. The summed E-state index contributed by atoms with van der Waals surface area (Å²) in [7, 11) is 0. The van der Waals surface area contributed by atoms with E-state index >= 15 is 0 Å². The highest BCUT2D eigenvalue weighted by atomic mass is 16.7. The summed E-state index contributed by atoms with van der Waals surface area (Å²) in [6, 6.07) is 13.4. The molecular weight excluding hydrogens is 536 g/mol. The van der Waals surface area contributed by atoms with Crippen LogP contribution in [-0.4, -0.2) is 61.7 Å².